The normalized spacial score (nSPS) is 9.85. The van der Waals surface area contributed by atoms with E-state index in [1.54, 1.807) is 0 Å². The Morgan fingerprint density at radius 2 is 1.00 bits per heavy atom. The van der Waals surface area contributed by atoms with Gasteiger partial charge < -0.3 is 10.6 Å². The van der Waals surface area contributed by atoms with Crippen molar-refractivity contribution in [2.45, 2.75) is 13.8 Å². The zero-order chi connectivity index (χ0) is 18.5. The van der Waals surface area contributed by atoms with E-state index in [4.69, 9.17) is 0 Å². The molecule has 0 saturated heterocycles. The van der Waals surface area contributed by atoms with Crippen LogP contribution in [0.25, 0.3) is 0 Å². The van der Waals surface area contributed by atoms with Gasteiger partial charge in [0.05, 0.1) is 0 Å². The SMILES string of the molecule is Cc1ccc(Nc2nc(C#N)c(C#N)nc2Nc2ccc(C)cc2)cc1. The molecule has 0 amide bonds. The van der Waals surface area contributed by atoms with E-state index in [-0.39, 0.29) is 11.4 Å². The van der Waals surface area contributed by atoms with Crippen molar-refractivity contribution < 1.29 is 0 Å². The first-order valence-corrected chi connectivity index (χ1v) is 7.98. The number of nitrogens with one attached hydrogen (secondary N) is 2. The van der Waals surface area contributed by atoms with E-state index < -0.39 is 0 Å². The minimum Gasteiger partial charge on any atom is -0.337 e. The van der Waals surface area contributed by atoms with E-state index in [1.165, 1.54) is 0 Å². The van der Waals surface area contributed by atoms with E-state index in [0.29, 0.717) is 11.6 Å². The summed E-state index contributed by atoms with van der Waals surface area (Å²) in [6.45, 7) is 4.01. The molecule has 6 nitrogen and oxygen atoms in total. The predicted molar refractivity (Wildman–Crippen MR) is 100 cm³/mol. The maximum atomic E-state index is 9.24. The molecule has 3 rings (SSSR count). The van der Waals surface area contributed by atoms with Crippen molar-refractivity contribution in [3.05, 3.63) is 71.0 Å². The highest BCUT2D eigenvalue weighted by atomic mass is 15.1. The molecule has 0 fully saturated rings. The highest BCUT2D eigenvalue weighted by Crippen LogP contribution is 2.26. The van der Waals surface area contributed by atoms with Gasteiger partial charge in [0.25, 0.3) is 0 Å². The number of aryl methyl sites for hydroxylation is 2. The van der Waals surface area contributed by atoms with Crippen LogP contribution in [-0.4, -0.2) is 9.97 Å². The Morgan fingerprint density at radius 3 is 1.31 bits per heavy atom. The number of aromatic nitrogens is 2. The molecular weight excluding hydrogens is 324 g/mol. The van der Waals surface area contributed by atoms with E-state index in [9.17, 15) is 10.5 Å². The van der Waals surface area contributed by atoms with Crippen molar-refractivity contribution in [3.8, 4) is 12.1 Å². The van der Waals surface area contributed by atoms with Gasteiger partial charge in [-0.2, -0.15) is 10.5 Å². The highest BCUT2D eigenvalue weighted by Gasteiger charge is 2.14. The van der Waals surface area contributed by atoms with Gasteiger partial charge in [0.1, 0.15) is 12.1 Å². The molecule has 0 spiro atoms. The lowest BCUT2D eigenvalue weighted by Gasteiger charge is -2.13. The Balaban J connectivity index is 2.02. The molecule has 0 bridgehead atoms. The number of rotatable bonds is 4. The van der Waals surface area contributed by atoms with Crippen LogP contribution in [0.5, 0.6) is 0 Å². The lowest BCUT2D eigenvalue weighted by atomic mass is 10.2. The number of anilines is 4. The molecule has 0 atom stereocenters. The fourth-order valence-corrected chi connectivity index (χ4v) is 2.31. The number of benzene rings is 2. The summed E-state index contributed by atoms with van der Waals surface area (Å²) < 4.78 is 0. The van der Waals surface area contributed by atoms with Gasteiger partial charge >= 0.3 is 0 Å². The van der Waals surface area contributed by atoms with E-state index in [1.807, 2.05) is 74.5 Å². The third-order valence-corrected chi connectivity index (χ3v) is 3.74. The Labute approximate surface area is 151 Å². The molecule has 0 aliphatic carbocycles. The third-order valence-electron chi connectivity index (χ3n) is 3.74. The largest absolute Gasteiger partial charge is 0.337 e. The van der Waals surface area contributed by atoms with E-state index >= 15 is 0 Å². The van der Waals surface area contributed by atoms with Gasteiger partial charge in [0.15, 0.2) is 23.0 Å². The second-order valence-corrected chi connectivity index (χ2v) is 5.82. The number of nitriles is 2. The lowest BCUT2D eigenvalue weighted by molar-refractivity contribution is 1.13. The second-order valence-electron chi connectivity index (χ2n) is 5.82. The average molecular weight is 340 g/mol. The molecular formula is C20H16N6. The maximum absolute atomic E-state index is 9.24. The quantitative estimate of drug-likeness (QED) is 0.734. The molecule has 6 heteroatoms. The fourth-order valence-electron chi connectivity index (χ4n) is 2.31. The summed E-state index contributed by atoms with van der Waals surface area (Å²) in [5, 5.41) is 24.8. The molecule has 2 N–H and O–H groups in total. The Morgan fingerprint density at radius 1 is 0.654 bits per heavy atom. The van der Waals surface area contributed by atoms with Gasteiger partial charge in [-0.1, -0.05) is 35.4 Å². The standard InChI is InChI=1S/C20H16N6/c1-13-3-7-15(8-4-13)23-19-20(24-16-9-5-14(2)6-10-16)26-18(12-22)17(11-21)25-19/h3-10H,1-2H3,(H,23,25)(H,24,26). The number of hydrogen-bond acceptors (Lipinski definition) is 6. The summed E-state index contributed by atoms with van der Waals surface area (Å²) in [7, 11) is 0. The molecule has 3 aromatic rings. The van der Waals surface area contributed by atoms with Crippen LogP contribution >= 0.6 is 0 Å². The number of hydrogen-bond donors (Lipinski definition) is 2. The molecule has 0 aliphatic heterocycles. The first-order valence-electron chi connectivity index (χ1n) is 7.98. The molecule has 1 aromatic heterocycles. The van der Waals surface area contributed by atoms with Crippen molar-refractivity contribution >= 4 is 23.0 Å². The summed E-state index contributed by atoms with van der Waals surface area (Å²) in [5.41, 5.74) is 3.86. The van der Waals surface area contributed by atoms with Crippen molar-refractivity contribution in [2.24, 2.45) is 0 Å². The molecule has 0 saturated carbocycles. The molecule has 0 unspecified atom stereocenters. The molecule has 1 heterocycles. The topological polar surface area (TPSA) is 97.4 Å². The van der Waals surface area contributed by atoms with Crippen molar-refractivity contribution in [1.29, 1.82) is 10.5 Å². The summed E-state index contributed by atoms with van der Waals surface area (Å²) in [5.74, 6) is 0.759. The van der Waals surface area contributed by atoms with E-state index in [2.05, 4.69) is 20.6 Å². The van der Waals surface area contributed by atoms with Crippen molar-refractivity contribution in [3.63, 3.8) is 0 Å². The molecule has 126 valence electrons. The second kappa shape index (κ2) is 7.33. The zero-order valence-corrected chi connectivity index (χ0v) is 14.4. The van der Waals surface area contributed by atoms with Crippen LogP contribution in [0.15, 0.2) is 48.5 Å². The number of nitrogens with zero attached hydrogens (tertiary/aromatic N) is 4. The predicted octanol–water partition coefficient (Wildman–Crippen LogP) is 4.32. The molecule has 26 heavy (non-hydrogen) atoms. The molecule has 0 aliphatic rings. The van der Waals surface area contributed by atoms with Crippen molar-refractivity contribution in [2.75, 3.05) is 10.6 Å². The summed E-state index contributed by atoms with van der Waals surface area (Å²) in [6.07, 6.45) is 0. The Hall–Kier alpha value is -3.90. The smallest absolute Gasteiger partial charge is 0.179 e. The summed E-state index contributed by atoms with van der Waals surface area (Å²) >= 11 is 0. The molecule has 2 aromatic carbocycles. The zero-order valence-electron chi connectivity index (χ0n) is 14.4. The van der Waals surface area contributed by atoms with Gasteiger partial charge in [0, 0.05) is 11.4 Å². The minimum atomic E-state index is -0.0171. The fraction of sp³-hybridized carbons (Fsp3) is 0.100. The van der Waals surface area contributed by atoms with Gasteiger partial charge in [-0.3, -0.25) is 0 Å². The van der Waals surface area contributed by atoms with Gasteiger partial charge in [0.2, 0.25) is 0 Å². The Bertz CT molecular complexity index is 924. The minimum absolute atomic E-state index is 0.0171. The monoisotopic (exact) mass is 340 g/mol. The van der Waals surface area contributed by atoms with Crippen LogP contribution in [0.2, 0.25) is 0 Å². The summed E-state index contributed by atoms with van der Waals surface area (Å²) in [6, 6.07) is 19.4. The maximum Gasteiger partial charge on any atom is 0.179 e. The third kappa shape index (κ3) is 3.77. The first kappa shape index (κ1) is 16.9. The van der Waals surface area contributed by atoms with Gasteiger partial charge in [-0.05, 0) is 38.1 Å². The van der Waals surface area contributed by atoms with Crippen LogP contribution in [0, 0.1) is 36.5 Å². The highest BCUT2D eigenvalue weighted by molar-refractivity contribution is 5.73. The Kier molecular flexibility index (Phi) is 4.78. The van der Waals surface area contributed by atoms with Crippen LogP contribution in [0.4, 0.5) is 23.0 Å². The molecule has 0 radical (unpaired) electrons. The average Bonchev–Trinajstić information content (AvgIpc) is 2.66. The van der Waals surface area contributed by atoms with Crippen LogP contribution in [0.3, 0.4) is 0 Å². The van der Waals surface area contributed by atoms with Gasteiger partial charge in [-0.25, -0.2) is 9.97 Å². The van der Waals surface area contributed by atoms with Crippen molar-refractivity contribution in [1.82, 2.24) is 9.97 Å². The van der Waals surface area contributed by atoms with Crippen LogP contribution in [-0.2, 0) is 0 Å². The van der Waals surface area contributed by atoms with Crippen LogP contribution in [0.1, 0.15) is 22.5 Å². The lowest BCUT2D eigenvalue weighted by Crippen LogP contribution is -2.06. The van der Waals surface area contributed by atoms with Gasteiger partial charge in [-0.15, -0.1) is 0 Å². The summed E-state index contributed by atoms with van der Waals surface area (Å²) in [4.78, 5) is 8.55. The van der Waals surface area contributed by atoms with E-state index in [0.717, 1.165) is 22.5 Å². The first-order chi connectivity index (χ1) is 12.6. The van der Waals surface area contributed by atoms with Crippen LogP contribution < -0.4 is 10.6 Å².